The molecule has 0 N–H and O–H groups in total. The molecular formula is C17H13Cl4N3STe. The van der Waals surface area contributed by atoms with Gasteiger partial charge in [-0.15, -0.1) is 0 Å². The quantitative estimate of drug-likeness (QED) is 0.277. The zero-order valence-corrected chi connectivity index (χ0v) is 19.4. The topological polar surface area (TPSA) is 21.7 Å². The van der Waals surface area contributed by atoms with Crippen LogP contribution in [0.1, 0.15) is 0 Å². The van der Waals surface area contributed by atoms with Crippen molar-refractivity contribution in [3.8, 4) is 17.1 Å². The molecule has 0 atom stereocenters. The smallest absolute Gasteiger partial charge is 1.00 e. The molecule has 0 radical (unpaired) electrons. The van der Waals surface area contributed by atoms with E-state index < -0.39 is 16.2 Å². The Bertz CT molecular complexity index is 945. The van der Waals surface area contributed by atoms with Crippen LogP contribution >= 0.6 is 41.3 Å². The van der Waals surface area contributed by atoms with Gasteiger partial charge in [-0.25, -0.2) is 0 Å². The van der Waals surface area contributed by atoms with Crippen molar-refractivity contribution < 1.29 is 17.0 Å². The summed E-state index contributed by atoms with van der Waals surface area (Å²) in [5.74, 6) is 1.14. The van der Waals surface area contributed by atoms with Gasteiger partial charge in [-0.05, 0) is 0 Å². The first-order valence-corrected chi connectivity index (χ1v) is 17.0. The normalized spacial score (nSPS) is 16.2. The predicted octanol–water partition coefficient (Wildman–Crippen LogP) is 1.86. The Balaban J connectivity index is 0.00000196. The van der Waals surface area contributed by atoms with Gasteiger partial charge in [0.25, 0.3) is 0 Å². The number of alkyl halides is 1. The summed E-state index contributed by atoms with van der Waals surface area (Å²) in [4.78, 5) is 0. The van der Waals surface area contributed by atoms with Gasteiger partial charge in [-0.3, -0.25) is 0 Å². The zero-order valence-electron chi connectivity index (χ0n) is 13.2. The molecule has 0 amide bonds. The maximum Gasteiger partial charge on any atom is -1.00 e. The summed E-state index contributed by atoms with van der Waals surface area (Å²) in [6.07, 6.45) is 0. The van der Waals surface area contributed by atoms with Crippen molar-refractivity contribution in [3.05, 3.63) is 69.7 Å². The van der Waals surface area contributed by atoms with Crippen molar-refractivity contribution in [3.63, 3.8) is 0 Å². The van der Waals surface area contributed by atoms with Gasteiger partial charge in [0.2, 0.25) is 0 Å². The molecule has 0 bridgehead atoms. The average Bonchev–Trinajstić information content (AvgIpc) is 3.04. The third kappa shape index (κ3) is 3.52. The first kappa shape index (κ1) is 20.4. The van der Waals surface area contributed by atoms with Gasteiger partial charge in [0.15, 0.2) is 0 Å². The molecule has 2 aromatic carbocycles. The molecule has 3 nitrogen and oxygen atoms in total. The Morgan fingerprint density at radius 2 is 1.62 bits per heavy atom. The summed E-state index contributed by atoms with van der Waals surface area (Å²) < 4.78 is 4.82. The van der Waals surface area contributed by atoms with Gasteiger partial charge in [0.05, 0.1) is 0 Å². The Kier molecular flexibility index (Phi) is 6.52. The van der Waals surface area contributed by atoms with E-state index in [0.717, 1.165) is 25.9 Å². The molecule has 1 aromatic heterocycles. The van der Waals surface area contributed by atoms with E-state index >= 15 is 0 Å². The maximum absolute atomic E-state index is 6.81. The van der Waals surface area contributed by atoms with Crippen LogP contribution < -0.4 is 17.0 Å². The number of thioether (sulfide) groups is 1. The van der Waals surface area contributed by atoms with Crippen molar-refractivity contribution in [2.45, 2.75) is 5.16 Å². The second kappa shape index (κ2) is 8.32. The Morgan fingerprint density at radius 1 is 1.00 bits per heavy atom. The standard InChI is InChI=1S/C17H13Cl3N3STe.ClH/c18-11-15-12-24-17-22(14-9-5-2-6-10-14)16(13-7-3-1-4-8-13)21-23(17)25(15,19)20;/h1-10,12H,11H2;1H/q+1;/p-1. The first-order chi connectivity index (χ1) is 12.1. The van der Waals surface area contributed by atoms with Gasteiger partial charge < -0.3 is 12.4 Å². The second-order valence-electron chi connectivity index (χ2n) is 5.29. The van der Waals surface area contributed by atoms with E-state index in [0.29, 0.717) is 5.88 Å². The summed E-state index contributed by atoms with van der Waals surface area (Å²) in [6.45, 7) is 0. The van der Waals surface area contributed by atoms with Gasteiger partial charge in [-0.2, -0.15) is 0 Å². The van der Waals surface area contributed by atoms with Crippen LogP contribution in [0.5, 0.6) is 0 Å². The van der Waals surface area contributed by atoms with Crippen molar-refractivity contribution >= 4 is 57.5 Å². The fourth-order valence-corrected chi connectivity index (χ4v) is 14.3. The molecule has 0 saturated carbocycles. The Morgan fingerprint density at radius 3 is 2.23 bits per heavy atom. The number of hydrogen-bond acceptors (Lipinski definition) is 2. The van der Waals surface area contributed by atoms with Crippen LogP contribution in [-0.2, 0) is 0 Å². The number of para-hydroxylation sites is 1. The zero-order chi connectivity index (χ0) is 17.4. The van der Waals surface area contributed by atoms with Gasteiger partial charge in [0.1, 0.15) is 0 Å². The molecule has 4 rings (SSSR count). The van der Waals surface area contributed by atoms with E-state index in [9.17, 15) is 0 Å². The van der Waals surface area contributed by atoms with Crippen LogP contribution in [0.4, 0.5) is 0 Å². The number of rotatable bonds is 3. The molecule has 0 spiro atoms. The number of allylic oxidation sites excluding steroid dienone is 1. The molecule has 1 aliphatic rings. The van der Waals surface area contributed by atoms with E-state index in [-0.39, 0.29) is 12.4 Å². The fourth-order valence-electron chi connectivity index (χ4n) is 2.57. The van der Waals surface area contributed by atoms with Crippen LogP contribution in [0.25, 0.3) is 17.1 Å². The first-order valence-electron chi connectivity index (χ1n) is 7.43. The minimum atomic E-state index is -3.59. The minimum Gasteiger partial charge on any atom is -1.00 e. The molecular weight excluding hydrogens is 548 g/mol. The minimum absolute atomic E-state index is 0. The largest absolute Gasteiger partial charge is 1.00 e. The third-order valence-electron chi connectivity index (χ3n) is 3.76. The number of fused-ring (bicyclic) bond motifs is 1. The van der Waals surface area contributed by atoms with Crippen molar-refractivity contribution in [1.82, 2.24) is 8.03 Å². The number of hydrogen-bond donors (Lipinski definition) is 0. The molecule has 1 aliphatic heterocycles. The fraction of sp³-hybridized carbons (Fsp3) is 0.0588. The summed E-state index contributed by atoms with van der Waals surface area (Å²) in [7, 11) is 13.6. The molecule has 3 aromatic rings. The van der Waals surface area contributed by atoms with E-state index in [1.165, 1.54) is 0 Å². The number of aromatic nitrogens is 3. The van der Waals surface area contributed by atoms with Gasteiger partial charge in [-0.1, -0.05) is 0 Å². The Labute approximate surface area is 179 Å². The second-order valence-corrected chi connectivity index (χ2v) is 18.5. The summed E-state index contributed by atoms with van der Waals surface area (Å²) in [5.41, 5.74) is 2.03. The maximum atomic E-state index is 6.81. The third-order valence-corrected chi connectivity index (χ3v) is 15.3. The summed E-state index contributed by atoms with van der Waals surface area (Å²) in [5, 5.41) is 7.72. The SMILES string of the molecule is ClCC1=CSc2n(nc(-c3ccccc3)[n+]2-c2ccccc2)[Te]1(Cl)Cl.[Cl-]. The Hall–Kier alpha value is -0.380. The average molecular weight is 561 g/mol. The molecule has 0 fully saturated rings. The van der Waals surface area contributed by atoms with Gasteiger partial charge >= 0.3 is 168 Å². The molecule has 0 unspecified atom stereocenters. The van der Waals surface area contributed by atoms with Crippen LogP contribution in [-0.4, -0.2) is 30.1 Å². The molecule has 0 aliphatic carbocycles. The van der Waals surface area contributed by atoms with Gasteiger partial charge in [0, 0.05) is 0 Å². The molecule has 9 heteroatoms. The van der Waals surface area contributed by atoms with Crippen molar-refractivity contribution in [2.24, 2.45) is 0 Å². The van der Waals surface area contributed by atoms with E-state index in [1.54, 1.807) is 11.8 Å². The summed E-state index contributed by atoms with van der Waals surface area (Å²) >= 11 is 4.02. The van der Waals surface area contributed by atoms with Crippen LogP contribution in [0.15, 0.2) is 74.8 Å². The van der Waals surface area contributed by atoms with E-state index in [2.05, 4.69) is 4.57 Å². The number of nitrogens with zero attached hydrogens (tertiary/aromatic N) is 3. The number of halogens is 4. The molecule has 0 saturated heterocycles. The monoisotopic (exact) mass is 561 g/mol. The predicted molar refractivity (Wildman–Crippen MR) is 107 cm³/mol. The summed E-state index contributed by atoms with van der Waals surface area (Å²) in [6, 6.07) is 20.1. The van der Waals surface area contributed by atoms with Crippen LogP contribution in [0.3, 0.4) is 0 Å². The number of benzene rings is 2. The molecule has 136 valence electrons. The van der Waals surface area contributed by atoms with Crippen molar-refractivity contribution in [1.29, 1.82) is 0 Å². The molecule has 2 heterocycles. The van der Waals surface area contributed by atoms with Crippen molar-refractivity contribution in [2.75, 3.05) is 5.88 Å². The van der Waals surface area contributed by atoms with E-state index in [1.807, 2.05) is 69.0 Å². The molecule has 26 heavy (non-hydrogen) atoms. The van der Waals surface area contributed by atoms with Crippen LogP contribution in [0.2, 0.25) is 0 Å². The van der Waals surface area contributed by atoms with E-state index in [4.69, 9.17) is 34.6 Å². The van der Waals surface area contributed by atoms with Crippen LogP contribution in [0, 0.1) is 0 Å².